The van der Waals surface area contributed by atoms with E-state index in [9.17, 15) is 0 Å². The zero-order valence-electron chi connectivity index (χ0n) is 9.45. The van der Waals surface area contributed by atoms with E-state index in [1.54, 1.807) is 6.20 Å². The molecule has 0 amide bonds. The average molecular weight is 237 g/mol. The summed E-state index contributed by atoms with van der Waals surface area (Å²) in [6, 6.07) is 3.81. The molecule has 0 saturated heterocycles. The van der Waals surface area contributed by atoms with Crippen molar-refractivity contribution < 1.29 is 0 Å². The normalized spacial score (nSPS) is 17.7. The molecular weight excluding hydrogens is 220 g/mol. The van der Waals surface area contributed by atoms with Gasteiger partial charge in [0.2, 0.25) is 0 Å². The first-order valence-corrected chi connectivity index (χ1v) is 6.41. The molecule has 1 saturated carbocycles. The highest BCUT2D eigenvalue weighted by Gasteiger charge is 2.06. The summed E-state index contributed by atoms with van der Waals surface area (Å²) in [6.45, 7) is 0. The van der Waals surface area contributed by atoms with E-state index in [1.165, 1.54) is 37.8 Å². The Bertz CT molecular complexity index is 364. The Morgan fingerprint density at radius 3 is 2.44 bits per heavy atom. The highest BCUT2D eigenvalue weighted by atomic mass is 35.5. The monoisotopic (exact) mass is 236 g/mol. The number of aromatic nitrogens is 1. The van der Waals surface area contributed by atoms with Gasteiger partial charge in [-0.2, -0.15) is 0 Å². The minimum atomic E-state index is 0.511. The van der Waals surface area contributed by atoms with E-state index in [4.69, 9.17) is 11.6 Å². The third-order valence-electron chi connectivity index (χ3n) is 2.95. The van der Waals surface area contributed by atoms with E-state index < -0.39 is 0 Å². The lowest BCUT2D eigenvalue weighted by atomic mass is 9.99. The molecule has 0 unspecified atom stereocenters. The molecule has 1 aromatic rings. The fraction of sp³-hybridized carbons (Fsp3) is 0.538. The summed E-state index contributed by atoms with van der Waals surface area (Å²) in [4.78, 5) is 8.69. The summed E-state index contributed by atoms with van der Waals surface area (Å²) in [5.74, 6) is 0. The predicted octanol–water partition coefficient (Wildman–Crippen LogP) is 4.55. The third kappa shape index (κ3) is 3.31. The smallest absolute Gasteiger partial charge is 0.154 e. The Balaban J connectivity index is 2.12. The molecule has 86 valence electrons. The molecule has 16 heavy (non-hydrogen) atoms. The lowest BCUT2D eigenvalue weighted by molar-refractivity contribution is 0.607. The van der Waals surface area contributed by atoms with Crippen LogP contribution in [0.25, 0.3) is 0 Å². The molecule has 1 heterocycles. The van der Waals surface area contributed by atoms with Crippen molar-refractivity contribution in [3.63, 3.8) is 0 Å². The van der Waals surface area contributed by atoms with Crippen LogP contribution in [-0.4, -0.2) is 10.7 Å². The molecule has 1 aromatic heterocycles. The van der Waals surface area contributed by atoms with Crippen molar-refractivity contribution in [3.8, 4) is 0 Å². The van der Waals surface area contributed by atoms with Crippen molar-refractivity contribution in [2.24, 2.45) is 4.99 Å². The second kappa shape index (κ2) is 6.00. The molecule has 1 aliphatic rings. The van der Waals surface area contributed by atoms with Crippen molar-refractivity contribution in [3.05, 3.63) is 23.5 Å². The van der Waals surface area contributed by atoms with Crippen molar-refractivity contribution in [1.82, 2.24) is 4.98 Å². The summed E-state index contributed by atoms with van der Waals surface area (Å²) in [6.07, 6.45) is 10.5. The third-order valence-corrected chi connectivity index (χ3v) is 3.24. The molecular formula is C13H17ClN2. The van der Waals surface area contributed by atoms with Gasteiger partial charge in [-0.25, -0.2) is 4.98 Å². The number of rotatable bonds is 1. The largest absolute Gasteiger partial charge is 0.255 e. The first kappa shape index (κ1) is 11.6. The van der Waals surface area contributed by atoms with Crippen molar-refractivity contribution >= 4 is 23.0 Å². The van der Waals surface area contributed by atoms with Crippen molar-refractivity contribution in [2.75, 3.05) is 0 Å². The van der Waals surface area contributed by atoms with Gasteiger partial charge in [-0.15, -0.1) is 0 Å². The van der Waals surface area contributed by atoms with Crippen molar-refractivity contribution in [2.45, 2.75) is 44.9 Å². The lowest BCUT2D eigenvalue weighted by Gasteiger charge is -2.11. The predicted molar refractivity (Wildman–Crippen MR) is 68.7 cm³/mol. The Morgan fingerprint density at radius 2 is 1.75 bits per heavy atom. The van der Waals surface area contributed by atoms with Gasteiger partial charge in [0.05, 0.1) is 0 Å². The van der Waals surface area contributed by atoms with Gasteiger partial charge in [0.25, 0.3) is 0 Å². The van der Waals surface area contributed by atoms with Crippen LogP contribution in [0, 0.1) is 0 Å². The standard InChI is InChI=1S/C13H17ClN2/c14-13-12(9-6-10-15-13)16-11-7-4-2-1-3-5-8-11/h6,9-10H,1-5,7-8H2. The minimum absolute atomic E-state index is 0.511. The van der Waals surface area contributed by atoms with E-state index in [0.29, 0.717) is 5.15 Å². The molecule has 0 aliphatic heterocycles. The van der Waals surface area contributed by atoms with Gasteiger partial charge >= 0.3 is 0 Å². The minimum Gasteiger partial charge on any atom is -0.255 e. The van der Waals surface area contributed by atoms with Crippen LogP contribution < -0.4 is 0 Å². The number of hydrogen-bond acceptors (Lipinski definition) is 2. The number of aliphatic imine (C=N–C) groups is 1. The van der Waals surface area contributed by atoms with Crippen LogP contribution in [0.1, 0.15) is 44.9 Å². The molecule has 0 atom stereocenters. The Kier molecular flexibility index (Phi) is 4.34. The molecule has 1 aliphatic carbocycles. The van der Waals surface area contributed by atoms with E-state index in [0.717, 1.165) is 18.5 Å². The van der Waals surface area contributed by atoms with E-state index in [2.05, 4.69) is 9.98 Å². The van der Waals surface area contributed by atoms with Crippen LogP contribution >= 0.6 is 11.6 Å². The van der Waals surface area contributed by atoms with Crippen LogP contribution in [0.15, 0.2) is 23.3 Å². The van der Waals surface area contributed by atoms with Gasteiger partial charge in [0.1, 0.15) is 5.69 Å². The Morgan fingerprint density at radius 1 is 1.06 bits per heavy atom. The van der Waals surface area contributed by atoms with Gasteiger partial charge in [0, 0.05) is 11.9 Å². The second-order valence-corrected chi connectivity index (χ2v) is 4.62. The molecule has 2 nitrogen and oxygen atoms in total. The highest BCUT2D eigenvalue weighted by Crippen LogP contribution is 2.24. The van der Waals surface area contributed by atoms with Gasteiger partial charge in [-0.1, -0.05) is 30.9 Å². The molecule has 0 radical (unpaired) electrons. The molecule has 0 spiro atoms. The van der Waals surface area contributed by atoms with Crippen LogP contribution in [0.2, 0.25) is 5.15 Å². The maximum Gasteiger partial charge on any atom is 0.154 e. The van der Waals surface area contributed by atoms with Gasteiger partial charge in [-0.3, -0.25) is 4.99 Å². The quantitative estimate of drug-likeness (QED) is 0.657. The Labute approximate surface area is 102 Å². The molecule has 0 aromatic carbocycles. The summed E-state index contributed by atoms with van der Waals surface area (Å²) in [5, 5.41) is 0.511. The number of hydrogen-bond donors (Lipinski definition) is 0. The zero-order chi connectivity index (χ0) is 11.2. The van der Waals surface area contributed by atoms with E-state index in [-0.39, 0.29) is 0 Å². The maximum absolute atomic E-state index is 6.00. The van der Waals surface area contributed by atoms with Crippen LogP contribution in [0.4, 0.5) is 5.69 Å². The van der Waals surface area contributed by atoms with Gasteiger partial charge in [0.15, 0.2) is 5.15 Å². The maximum atomic E-state index is 6.00. The fourth-order valence-electron chi connectivity index (χ4n) is 2.06. The number of pyridine rings is 1. The number of halogens is 1. The van der Waals surface area contributed by atoms with E-state index in [1.807, 2.05) is 12.1 Å². The van der Waals surface area contributed by atoms with Crippen LogP contribution in [0.5, 0.6) is 0 Å². The summed E-state index contributed by atoms with van der Waals surface area (Å²) in [7, 11) is 0. The highest BCUT2D eigenvalue weighted by molar-refractivity contribution is 6.31. The molecule has 0 N–H and O–H groups in total. The first-order valence-electron chi connectivity index (χ1n) is 6.03. The number of nitrogens with zero attached hydrogens (tertiary/aromatic N) is 2. The van der Waals surface area contributed by atoms with Crippen LogP contribution in [-0.2, 0) is 0 Å². The SMILES string of the molecule is Clc1ncccc1N=C1CCCCCCC1. The lowest BCUT2D eigenvalue weighted by Crippen LogP contribution is -2.01. The first-order chi connectivity index (χ1) is 7.86. The Hall–Kier alpha value is -0.890. The van der Waals surface area contributed by atoms with Crippen molar-refractivity contribution in [1.29, 1.82) is 0 Å². The van der Waals surface area contributed by atoms with E-state index >= 15 is 0 Å². The van der Waals surface area contributed by atoms with Crippen LogP contribution in [0.3, 0.4) is 0 Å². The molecule has 2 rings (SSSR count). The zero-order valence-corrected chi connectivity index (χ0v) is 10.2. The summed E-state index contributed by atoms with van der Waals surface area (Å²) < 4.78 is 0. The second-order valence-electron chi connectivity index (χ2n) is 4.26. The summed E-state index contributed by atoms with van der Waals surface area (Å²) >= 11 is 6.00. The van der Waals surface area contributed by atoms with Gasteiger partial charge in [-0.05, 0) is 37.8 Å². The average Bonchev–Trinajstić information content (AvgIpc) is 2.24. The summed E-state index contributed by atoms with van der Waals surface area (Å²) in [5.41, 5.74) is 2.11. The molecule has 1 fully saturated rings. The fourth-order valence-corrected chi connectivity index (χ4v) is 2.22. The molecule has 3 heteroatoms. The topological polar surface area (TPSA) is 25.2 Å². The van der Waals surface area contributed by atoms with Gasteiger partial charge < -0.3 is 0 Å². The molecule has 0 bridgehead atoms.